The molecular weight excluding hydrogens is 484 g/mol. The first kappa shape index (κ1) is 27.2. The molecule has 3 aliphatic carbocycles. The molecule has 1 aromatic rings. The standard InChI is InChI=1S/C30H46N2O4S/c1-3-30-16-15-22-20-24(31-37(34,35)36)11-12-25(22)28(30)23(21-29(2)26(30)13-14-27(29)33)10-6-4-5-7-17-32-18-8-9-19-32/h3,11-12,20,23,26-28,31,33H,1,4-10,13-19,21H2,2H3,(H,34,35,36)/t23-,26+,27-,28+,29-,30-/m0/s1. The molecule has 0 spiro atoms. The lowest BCUT2D eigenvalue weighted by atomic mass is 9.44. The molecule has 6 nitrogen and oxygen atoms in total. The summed E-state index contributed by atoms with van der Waals surface area (Å²) in [5, 5.41) is 11.2. The molecule has 0 radical (unpaired) electrons. The van der Waals surface area contributed by atoms with Gasteiger partial charge in [0.25, 0.3) is 0 Å². The van der Waals surface area contributed by atoms with Gasteiger partial charge in [0.15, 0.2) is 0 Å². The Hall–Kier alpha value is -1.41. The van der Waals surface area contributed by atoms with Crippen molar-refractivity contribution in [2.75, 3.05) is 24.4 Å². The van der Waals surface area contributed by atoms with Crippen LogP contribution >= 0.6 is 0 Å². The molecule has 0 aromatic heterocycles. The largest absolute Gasteiger partial charge is 0.393 e. The van der Waals surface area contributed by atoms with Crippen LogP contribution in [0, 0.1) is 22.7 Å². The summed E-state index contributed by atoms with van der Waals surface area (Å²) in [6.45, 7) is 10.5. The number of nitrogens with one attached hydrogen (secondary N) is 1. The minimum Gasteiger partial charge on any atom is -0.393 e. The van der Waals surface area contributed by atoms with Crippen molar-refractivity contribution < 1.29 is 18.1 Å². The lowest BCUT2D eigenvalue weighted by Crippen LogP contribution is -2.54. The molecule has 6 atom stereocenters. The van der Waals surface area contributed by atoms with Gasteiger partial charge in [-0.3, -0.25) is 9.27 Å². The van der Waals surface area contributed by atoms with Gasteiger partial charge >= 0.3 is 10.3 Å². The number of hydrogen-bond donors (Lipinski definition) is 3. The van der Waals surface area contributed by atoms with E-state index in [9.17, 15) is 18.1 Å². The summed E-state index contributed by atoms with van der Waals surface area (Å²) in [6, 6.07) is 5.78. The predicted molar refractivity (Wildman–Crippen MR) is 149 cm³/mol. The molecule has 0 unspecified atom stereocenters. The molecule has 7 heteroatoms. The number of nitrogens with zero attached hydrogens (tertiary/aromatic N) is 1. The predicted octanol–water partition coefficient (Wildman–Crippen LogP) is 5.95. The van der Waals surface area contributed by atoms with Crippen LogP contribution in [-0.2, 0) is 16.7 Å². The zero-order valence-corrected chi connectivity index (χ0v) is 23.3. The summed E-state index contributed by atoms with van der Waals surface area (Å²) in [5.41, 5.74) is 2.78. The first-order chi connectivity index (χ1) is 17.7. The van der Waals surface area contributed by atoms with Crippen molar-refractivity contribution in [3.05, 3.63) is 42.0 Å². The van der Waals surface area contributed by atoms with E-state index < -0.39 is 10.3 Å². The average molecular weight is 531 g/mol. The van der Waals surface area contributed by atoms with E-state index in [1.165, 1.54) is 69.3 Å². The minimum absolute atomic E-state index is 0.0457. The molecule has 1 aromatic carbocycles. The van der Waals surface area contributed by atoms with Crippen molar-refractivity contribution >= 4 is 16.0 Å². The average Bonchev–Trinajstić information content (AvgIpc) is 3.47. The van der Waals surface area contributed by atoms with Gasteiger partial charge < -0.3 is 10.0 Å². The number of benzene rings is 1. The molecular formula is C30H46N2O4S. The maximum atomic E-state index is 11.4. The Morgan fingerprint density at radius 3 is 2.65 bits per heavy atom. The molecule has 3 fully saturated rings. The van der Waals surface area contributed by atoms with Gasteiger partial charge in [-0.25, -0.2) is 0 Å². The summed E-state index contributed by atoms with van der Waals surface area (Å²) >= 11 is 0. The number of aliphatic hydroxyl groups excluding tert-OH is 1. The van der Waals surface area contributed by atoms with Crippen LogP contribution < -0.4 is 4.72 Å². The Morgan fingerprint density at radius 2 is 1.92 bits per heavy atom. The normalized spacial score (nSPS) is 35.5. The Bertz CT molecular complexity index is 1090. The van der Waals surface area contributed by atoms with Crippen LogP contribution in [0.2, 0.25) is 0 Å². The van der Waals surface area contributed by atoms with Gasteiger partial charge in [0.2, 0.25) is 0 Å². The van der Waals surface area contributed by atoms with Gasteiger partial charge in [0.1, 0.15) is 0 Å². The van der Waals surface area contributed by atoms with Crippen LogP contribution in [0.15, 0.2) is 30.9 Å². The summed E-state index contributed by atoms with van der Waals surface area (Å²) in [4.78, 5) is 2.60. The smallest absolute Gasteiger partial charge is 0.357 e. The lowest BCUT2D eigenvalue weighted by Gasteiger charge is -2.60. The van der Waals surface area contributed by atoms with E-state index >= 15 is 0 Å². The van der Waals surface area contributed by atoms with Gasteiger partial charge in [-0.05, 0) is 129 Å². The van der Waals surface area contributed by atoms with Crippen molar-refractivity contribution in [1.82, 2.24) is 4.90 Å². The van der Waals surface area contributed by atoms with Crippen molar-refractivity contribution in [1.29, 1.82) is 0 Å². The van der Waals surface area contributed by atoms with Crippen LogP contribution in [0.3, 0.4) is 0 Å². The highest BCUT2D eigenvalue weighted by atomic mass is 32.2. The van der Waals surface area contributed by atoms with Crippen molar-refractivity contribution in [2.24, 2.45) is 22.7 Å². The second kappa shape index (κ2) is 10.6. The molecule has 5 rings (SSSR count). The first-order valence-corrected chi connectivity index (χ1v) is 16.0. The molecule has 2 saturated carbocycles. The SMILES string of the molecule is C=C[C@@]12CCc3cc(NS(=O)(=O)O)ccc3[C@H]1[C@@H](CCCCCCN1CCCC1)C[C@@]1(C)[C@H]2CC[C@@H]1O. The molecule has 37 heavy (non-hydrogen) atoms. The third-order valence-corrected chi connectivity index (χ3v) is 11.1. The number of aryl methyl sites for hydroxylation is 1. The Balaban J connectivity index is 1.36. The third-order valence-electron chi connectivity index (χ3n) is 10.6. The number of hydrogen-bond acceptors (Lipinski definition) is 4. The van der Waals surface area contributed by atoms with Crippen LogP contribution in [0.4, 0.5) is 5.69 Å². The number of likely N-dealkylation sites (tertiary alicyclic amines) is 1. The highest BCUT2D eigenvalue weighted by Crippen LogP contribution is 2.69. The highest BCUT2D eigenvalue weighted by molar-refractivity contribution is 7.87. The Kier molecular flexibility index (Phi) is 7.81. The van der Waals surface area contributed by atoms with Crippen LogP contribution in [0.25, 0.3) is 0 Å². The number of anilines is 1. The summed E-state index contributed by atoms with van der Waals surface area (Å²) < 4.78 is 34.3. The summed E-state index contributed by atoms with van der Waals surface area (Å²) in [5.74, 6) is 1.21. The zero-order chi connectivity index (χ0) is 26.3. The molecule has 1 saturated heterocycles. The molecule has 3 N–H and O–H groups in total. The first-order valence-electron chi connectivity index (χ1n) is 14.6. The monoisotopic (exact) mass is 530 g/mol. The summed E-state index contributed by atoms with van der Waals surface area (Å²) in [6.07, 6.45) is 15.7. The van der Waals surface area contributed by atoms with Gasteiger partial charge in [0.05, 0.1) is 11.8 Å². The maximum absolute atomic E-state index is 11.4. The van der Waals surface area contributed by atoms with E-state index in [0.717, 1.165) is 38.5 Å². The fraction of sp³-hybridized carbons (Fsp3) is 0.733. The second-order valence-electron chi connectivity index (χ2n) is 12.7. The van der Waals surface area contributed by atoms with E-state index in [1.54, 1.807) is 6.07 Å². The molecule has 1 aliphatic heterocycles. The van der Waals surface area contributed by atoms with Gasteiger partial charge in [-0.15, -0.1) is 6.58 Å². The number of allylic oxidation sites excluding steroid dienone is 1. The Morgan fingerprint density at radius 1 is 1.16 bits per heavy atom. The van der Waals surface area contributed by atoms with E-state index in [4.69, 9.17) is 0 Å². The highest BCUT2D eigenvalue weighted by Gasteiger charge is 2.63. The van der Waals surface area contributed by atoms with E-state index in [-0.39, 0.29) is 16.9 Å². The quantitative estimate of drug-likeness (QED) is 0.198. The molecule has 0 bridgehead atoms. The second-order valence-corrected chi connectivity index (χ2v) is 13.8. The zero-order valence-electron chi connectivity index (χ0n) is 22.5. The van der Waals surface area contributed by atoms with Crippen molar-refractivity contribution in [2.45, 2.75) is 96.0 Å². The van der Waals surface area contributed by atoms with Crippen LogP contribution in [0.1, 0.15) is 94.6 Å². The number of aliphatic hydroxyl groups is 1. The van der Waals surface area contributed by atoms with Crippen molar-refractivity contribution in [3.8, 4) is 0 Å². The van der Waals surface area contributed by atoms with Gasteiger partial charge in [0, 0.05) is 0 Å². The Labute approximate surface area is 223 Å². The third kappa shape index (κ3) is 5.26. The van der Waals surface area contributed by atoms with E-state index in [2.05, 4.69) is 35.3 Å². The van der Waals surface area contributed by atoms with Gasteiger partial charge in [-0.2, -0.15) is 8.42 Å². The van der Waals surface area contributed by atoms with Crippen LogP contribution in [-0.4, -0.2) is 48.7 Å². The molecule has 1 heterocycles. The lowest BCUT2D eigenvalue weighted by molar-refractivity contribution is -0.0812. The maximum Gasteiger partial charge on any atom is 0.357 e. The number of fused-ring (bicyclic) bond motifs is 5. The number of rotatable bonds is 10. The van der Waals surface area contributed by atoms with Crippen molar-refractivity contribution in [3.63, 3.8) is 0 Å². The number of unbranched alkanes of at least 4 members (excludes halogenated alkanes) is 3. The fourth-order valence-electron chi connectivity index (χ4n) is 9.02. The fourth-order valence-corrected chi connectivity index (χ4v) is 9.44. The molecule has 4 aliphatic rings. The van der Waals surface area contributed by atoms with Gasteiger partial charge in [-0.1, -0.05) is 38.3 Å². The summed E-state index contributed by atoms with van der Waals surface area (Å²) in [7, 11) is -4.30. The van der Waals surface area contributed by atoms with E-state index in [1.807, 2.05) is 6.07 Å². The minimum atomic E-state index is -4.30. The molecule has 0 amide bonds. The topological polar surface area (TPSA) is 89.9 Å². The van der Waals surface area contributed by atoms with E-state index in [0.29, 0.717) is 23.4 Å². The molecule has 206 valence electrons. The van der Waals surface area contributed by atoms with Crippen LogP contribution in [0.5, 0.6) is 0 Å².